The number of hydrogen-bond donors (Lipinski definition) is 3. The number of benzene rings is 3. The Bertz CT molecular complexity index is 2170. The summed E-state index contributed by atoms with van der Waals surface area (Å²) in [4.78, 5) is 44.1. The van der Waals surface area contributed by atoms with Crippen molar-refractivity contribution < 1.29 is 28.5 Å². The van der Waals surface area contributed by atoms with E-state index in [4.69, 9.17) is 4.74 Å². The van der Waals surface area contributed by atoms with Gasteiger partial charge in [-0.3, -0.25) is 24.4 Å². The molecule has 0 aliphatic carbocycles. The van der Waals surface area contributed by atoms with Crippen LogP contribution in [-0.4, -0.2) is 62.9 Å². The fraction of sp³-hybridized carbons (Fsp3) is 0.351. The Morgan fingerprint density at radius 3 is 2.75 bits per heavy atom. The van der Waals surface area contributed by atoms with E-state index in [1.807, 2.05) is 43.5 Å². The number of aliphatic hydroxyl groups is 1. The van der Waals surface area contributed by atoms with Gasteiger partial charge in [-0.25, -0.2) is 0 Å². The summed E-state index contributed by atoms with van der Waals surface area (Å²) in [5.41, 5.74) is 2.06. The highest BCUT2D eigenvalue weighted by Gasteiger charge is 2.66. The summed E-state index contributed by atoms with van der Waals surface area (Å²) in [5.74, 6) is -1.26. The summed E-state index contributed by atoms with van der Waals surface area (Å²) in [5, 5.41) is 33.4. The number of aromatic nitrogens is 4. The SMILES string of the molecule is C[C@H]1[C@H]([Si](C)(C)F)[C@@H](CCn2cc(CCO)nn2)O[C@]12C(=O)N(Cc1cccc(NC(=O)Cc3c[nH]c4ccccc34)c1)c1ccc([N+](=O)[O-])cc12. The van der Waals surface area contributed by atoms with E-state index < -0.39 is 42.4 Å². The van der Waals surface area contributed by atoms with Gasteiger partial charge in [-0.15, -0.1) is 5.10 Å². The number of amides is 2. The maximum Gasteiger partial charge on any atom is 0.269 e. The molecule has 5 aromatic rings. The van der Waals surface area contributed by atoms with Gasteiger partial charge in [0.1, 0.15) is 0 Å². The van der Waals surface area contributed by atoms with Crippen molar-refractivity contribution in [3.05, 3.63) is 112 Å². The average Bonchev–Trinajstić information content (AvgIpc) is 3.86. The Balaban J connectivity index is 1.16. The van der Waals surface area contributed by atoms with Gasteiger partial charge in [0.05, 0.1) is 35.4 Å². The fourth-order valence-corrected chi connectivity index (χ4v) is 10.6. The van der Waals surface area contributed by atoms with Crippen molar-refractivity contribution in [1.29, 1.82) is 0 Å². The molecule has 4 heterocycles. The summed E-state index contributed by atoms with van der Waals surface area (Å²) in [6.07, 6.45) is 3.72. The highest BCUT2D eigenvalue weighted by atomic mass is 28.4. The van der Waals surface area contributed by atoms with E-state index >= 15 is 4.11 Å². The molecule has 0 unspecified atom stereocenters. The predicted octanol–water partition coefficient (Wildman–Crippen LogP) is 5.80. The first-order chi connectivity index (χ1) is 24.9. The van der Waals surface area contributed by atoms with Crippen LogP contribution in [0.5, 0.6) is 0 Å². The molecule has 2 aliphatic heterocycles. The second kappa shape index (κ2) is 13.7. The van der Waals surface area contributed by atoms with E-state index in [9.17, 15) is 24.8 Å². The molecule has 3 aromatic carbocycles. The molecule has 0 radical (unpaired) electrons. The maximum absolute atomic E-state index is 16.3. The number of H-pyrrole nitrogens is 1. The van der Waals surface area contributed by atoms with Gasteiger partial charge >= 0.3 is 0 Å². The Morgan fingerprint density at radius 2 is 1.98 bits per heavy atom. The summed E-state index contributed by atoms with van der Waals surface area (Å²) >= 11 is 0. The van der Waals surface area contributed by atoms with Crippen LogP contribution in [0, 0.1) is 16.0 Å². The smallest absolute Gasteiger partial charge is 0.269 e. The molecule has 1 spiro atoms. The monoisotopic (exact) mass is 725 g/mol. The lowest BCUT2D eigenvalue weighted by molar-refractivity contribution is -0.385. The number of carbonyl (C=O) groups excluding carboxylic acids is 2. The molecule has 15 heteroatoms. The number of aliphatic hydroxyl groups excluding tert-OH is 1. The predicted molar refractivity (Wildman–Crippen MR) is 195 cm³/mol. The quantitative estimate of drug-likeness (QED) is 0.0628. The van der Waals surface area contributed by atoms with Gasteiger partial charge in [0.25, 0.3) is 11.6 Å². The lowest BCUT2D eigenvalue weighted by atomic mass is 9.82. The molecule has 3 N–H and O–H groups in total. The number of nitrogens with one attached hydrogen (secondary N) is 2. The van der Waals surface area contributed by atoms with Gasteiger partial charge in [-0.1, -0.05) is 42.5 Å². The minimum atomic E-state index is -3.48. The number of ether oxygens (including phenoxy) is 1. The zero-order chi connectivity index (χ0) is 36.8. The third kappa shape index (κ3) is 6.39. The molecule has 0 bridgehead atoms. The van der Waals surface area contributed by atoms with Crippen LogP contribution in [0.3, 0.4) is 0 Å². The van der Waals surface area contributed by atoms with E-state index in [1.54, 1.807) is 53.1 Å². The van der Waals surface area contributed by atoms with Crippen LogP contribution in [0.15, 0.2) is 79.1 Å². The van der Waals surface area contributed by atoms with Gasteiger partial charge in [-0.05, 0) is 54.9 Å². The number of halogens is 1. The fourth-order valence-electron chi connectivity index (χ4n) is 8.10. The molecule has 7 rings (SSSR count). The minimum Gasteiger partial charge on any atom is -0.396 e. The number of hydrogen-bond acceptors (Lipinski definition) is 8. The molecule has 0 saturated carbocycles. The third-order valence-electron chi connectivity index (χ3n) is 10.3. The molecule has 2 aliphatic rings. The highest BCUT2D eigenvalue weighted by Crippen LogP contribution is 2.60. The van der Waals surface area contributed by atoms with Crippen LogP contribution in [0.1, 0.15) is 35.7 Å². The molecule has 2 amide bonds. The number of non-ortho nitro benzene ring substituents is 1. The number of anilines is 2. The number of nitro benzene ring substituents is 1. The number of nitro groups is 1. The molecule has 270 valence electrons. The summed E-state index contributed by atoms with van der Waals surface area (Å²) in [6.45, 7) is 5.37. The van der Waals surface area contributed by atoms with Crippen LogP contribution in [0.25, 0.3) is 10.9 Å². The van der Waals surface area contributed by atoms with Gasteiger partial charge < -0.3 is 29.2 Å². The number of fused-ring (bicyclic) bond motifs is 3. The maximum atomic E-state index is 16.3. The van der Waals surface area contributed by atoms with Gasteiger partial charge in [0.15, 0.2) is 5.60 Å². The summed E-state index contributed by atoms with van der Waals surface area (Å²) in [7, 11) is -3.48. The normalized spacial score (nSPS) is 21.3. The molecule has 1 fully saturated rings. The molecular weight excluding hydrogens is 686 g/mol. The molecular formula is C37H40FN7O6Si. The van der Waals surface area contributed by atoms with Crippen molar-refractivity contribution in [3.63, 3.8) is 0 Å². The van der Waals surface area contributed by atoms with E-state index in [1.165, 1.54) is 12.1 Å². The first kappa shape index (κ1) is 35.2. The first-order valence-electron chi connectivity index (χ1n) is 17.3. The van der Waals surface area contributed by atoms with E-state index in [0.717, 1.165) is 16.5 Å². The van der Waals surface area contributed by atoms with E-state index in [2.05, 4.69) is 20.6 Å². The zero-order valence-corrected chi connectivity index (χ0v) is 30.1. The lowest BCUT2D eigenvalue weighted by Crippen LogP contribution is -2.45. The van der Waals surface area contributed by atoms with Crippen molar-refractivity contribution in [1.82, 2.24) is 20.0 Å². The van der Waals surface area contributed by atoms with Crippen LogP contribution < -0.4 is 10.2 Å². The van der Waals surface area contributed by atoms with E-state index in [-0.39, 0.29) is 31.2 Å². The van der Waals surface area contributed by atoms with Crippen molar-refractivity contribution in [3.8, 4) is 0 Å². The molecule has 13 nitrogen and oxygen atoms in total. The summed E-state index contributed by atoms with van der Waals surface area (Å²) in [6, 6.07) is 19.3. The van der Waals surface area contributed by atoms with Crippen LogP contribution in [0.4, 0.5) is 21.2 Å². The van der Waals surface area contributed by atoms with Crippen molar-refractivity contribution >= 4 is 48.2 Å². The summed E-state index contributed by atoms with van der Waals surface area (Å²) < 4.78 is 24.7. The largest absolute Gasteiger partial charge is 0.396 e. The Kier molecular flexibility index (Phi) is 9.27. The van der Waals surface area contributed by atoms with Crippen molar-refractivity contribution in [2.45, 2.75) is 69.6 Å². The minimum absolute atomic E-state index is 0.0664. The zero-order valence-electron chi connectivity index (χ0n) is 29.1. The van der Waals surface area contributed by atoms with Crippen LogP contribution in [0.2, 0.25) is 18.6 Å². The van der Waals surface area contributed by atoms with E-state index in [0.29, 0.717) is 47.6 Å². The Hall–Kier alpha value is -5.25. The number of aryl methyl sites for hydroxylation is 1. The van der Waals surface area contributed by atoms with Crippen LogP contribution in [-0.2, 0) is 45.9 Å². The molecule has 4 atom stereocenters. The average molecular weight is 726 g/mol. The molecule has 2 aromatic heterocycles. The Morgan fingerprint density at radius 1 is 1.17 bits per heavy atom. The van der Waals surface area contributed by atoms with Crippen molar-refractivity contribution in [2.24, 2.45) is 5.92 Å². The second-order valence-corrected chi connectivity index (χ2v) is 17.9. The Labute approximate surface area is 300 Å². The van der Waals surface area contributed by atoms with Crippen molar-refractivity contribution in [2.75, 3.05) is 16.8 Å². The number of carbonyl (C=O) groups is 2. The lowest BCUT2D eigenvalue weighted by Gasteiger charge is -2.31. The number of para-hydroxylation sites is 1. The highest BCUT2D eigenvalue weighted by molar-refractivity contribution is 6.72. The standard InChI is InChI=1S/C37H40FN7O6Si/c1-23-35(52(2,3)38)33(13-15-43-22-27(14-16-46)41-42-43)51-37(23)30-19-28(45(49)50)11-12-32(30)44(36(37)48)21-24-7-6-8-26(17-24)40-34(47)18-25-20-39-31-10-5-4-9-29(25)31/h4-12,17,19-20,22-23,33,35,39,46H,13-16,18,21H2,1-3H3,(H,40,47)/t23-,33+,35-,37+/m0/s1. The first-order valence-corrected chi connectivity index (χ1v) is 20.3. The van der Waals surface area contributed by atoms with Gasteiger partial charge in [0.2, 0.25) is 14.3 Å². The third-order valence-corrected chi connectivity index (χ3v) is 12.8. The second-order valence-electron chi connectivity index (χ2n) is 14.1. The number of aromatic amines is 1. The van der Waals surface area contributed by atoms with Gasteiger partial charge in [-0.2, -0.15) is 0 Å². The number of nitrogens with zero attached hydrogens (tertiary/aromatic N) is 5. The topological polar surface area (TPSA) is 169 Å². The van der Waals surface area contributed by atoms with Crippen LogP contribution >= 0.6 is 0 Å². The number of rotatable bonds is 12. The molecule has 52 heavy (non-hydrogen) atoms. The molecule has 1 saturated heterocycles. The van der Waals surface area contributed by atoms with Gasteiger partial charge in [0, 0.05) is 77.7 Å².